The van der Waals surface area contributed by atoms with Crippen molar-refractivity contribution >= 4 is 11.4 Å². The van der Waals surface area contributed by atoms with E-state index in [4.69, 9.17) is 0 Å². The molecule has 0 aromatic heterocycles. The van der Waals surface area contributed by atoms with Gasteiger partial charge in [-0.05, 0) is 56.0 Å². The van der Waals surface area contributed by atoms with Crippen LogP contribution in [-0.4, -0.2) is 38.1 Å². The molecule has 26 heavy (non-hydrogen) atoms. The van der Waals surface area contributed by atoms with Gasteiger partial charge in [-0.2, -0.15) is 0 Å². The Balaban J connectivity index is 1.78. The van der Waals surface area contributed by atoms with Crippen LogP contribution in [-0.2, 0) is 12.8 Å². The number of nitrogens with one attached hydrogen (secondary N) is 2. The van der Waals surface area contributed by atoms with Crippen LogP contribution in [0.1, 0.15) is 36.1 Å². The molecule has 0 unspecified atom stereocenters. The lowest BCUT2D eigenvalue weighted by Gasteiger charge is -2.21. The summed E-state index contributed by atoms with van der Waals surface area (Å²) in [5, 5.41) is 7.27. The Hall–Kier alpha value is -2.00. The predicted molar refractivity (Wildman–Crippen MR) is 116 cm³/mol. The maximum absolute atomic E-state index is 3.68. The second-order valence-electron chi connectivity index (χ2n) is 7.08. The zero-order chi connectivity index (χ0) is 18.9. The van der Waals surface area contributed by atoms with Gasteiger partial charge in [-0.3, -0.25) is 0 Å². The standard InChI is InChI=1S/C23H35N3/c1-6-20-12-9-13-21(7-2)23(20)25-15-17-26(5)16-14-24-22-18(3)10-8-11-19(22)4/h8-13,24-25H,6-7,14-17H2,1-5H3. The van der Waals surface area contributed by atoms with Gasteiger partial charge < -0.3 is 15.5 Å². The van der Waals surface area contributed by atoms with Crippen LogP contribution in [0.3, 0.4) is 0 Å². The molecule has 2 rings (SSSR count). The van der Waals surface area contributed by atoms with E-state index in [0.29, 0.717) is 0 Å². The van der Waals surface area contributed by atoms with Crippen LogP contribution in [0.5, 0.6) is 0 Å². The third-order valence-electron chi connectivity index (χ3n) is 5.07. The summed E-state index contributed by atoms with van der Waals surface area (Å²) in [6.07, 6.45) is 2.15. The Morgan fingerprint density at radius 2 is 1.19 bits per heavy atom. The van der Waals surface area contributed by atoms with Gasteiger partial charge in [0.25, 0.3) is 0 Å². The molecule has 0 spiro atoms. The highest BCUT2D eigenvalue weighted by molar-refractivity contribution is 5.58. The van der Waals surface area contributed by atoms with Crippen molar-refractivity contribution in [3.63, 3.8) is 0 Å². The summed E-state index contributed by atoms with van der Waals surface area (Å²) in [4.78, 5) is 2.38. The minimum atomic E-state index is 0.966. The molecule has 3 heteroatoms. The van der Waals surface area contributed by atoms with Gasteiger partial charge in [0.15, 0.2) is 0 Å². The average molecular weight is 354 g/mol. The lowest BCUT2D eigenvalue weighted by molar-refractivity contribution is 0.361. The maximum atomic E-state index is 3.68. The first-order valence-corrected chi connectivity index (χ1v) is 9.90. The van der Waals surface area contributed by atoms with Crippen LogP contribution >= 0.6 is 0 Å². The molecule has 0 radical (unpaired) electrons. The van der Waals surface area contributed by atoms with Gasteiger partial charge in [0.1, 0.15) is 0 Å². The summed E-state index contributed by atoms with van der Waals surface area (Å²) in [6.45, 7) is 12.8. The van der Waals surface area contributed by atoms with Crippen LogP contribution in [0.2, 0.25) is 0 Å². The van der Waals surface area contributed by atoms with E-state index in [1.165, 1.54) is 33.6 Å². The molecule has 3 nitrogen and oxygen atoms in total. The number of likely N-dealkylation sites (N-methyl/N-ethyl adjacent to an activating group) is 1. The normalized spacial score (nSPS) is 11.0. The Kier molecular flexibility index (Phi) is 7.99. The van der Waals surface area contributed by atoms with Gasteiger partial charge in [-0.1, -0.05) is 50.2 Å². The van der Waals surface area contributed by atoms with E-state index in [1.54, 1.807) is 0 Å². The molecule has 2 N–H and O–H groups in total. The Bertz CT molecular complexity index is 651. The van der Waals surface area contributed by atoms with E-state index in [1.807, 2.05) is 0 Å². The second-order valence-corrected chi connectivity index (χ2v) is 7.08. The van der Waals surface area contributed by atoms with Crippen LogP contribution in [0.15, 0.2) is 36.4 Å². The summed E-state index contributed by atoms with van der Waals surface area (Å²) >= 11 is 0. The van der Waals surface area contributed by atoms with Crippen molar-refractivity contribution < 1.29 is 0 Å². The molecule has 0 fully saturated rings. The second kappa shape index (κ2) is 10.2. The minimum Gasteiger partial charge on any atom is -0.383 e. The monoisotopic (exact) mass is 353 g/mol. The zero-order valence-electron chi connectivity index (χ0n) is 17.2. The molecular weight excluding hydrogens is 318 g/mol. The molecule has 0 aliphatic carbocycles. The van der Waals surface area contributed by atoms with Gasteiger partial charge in [-0.15, -0.1) is 0 Å². The number of anilines is 2. The number of hydrogen-bond acceptors (Lipinski definition) is 3. The van der Waals surface area contributed by atoms with Crippen molar-refractivity contribution in [3.8, 4) is 0 Å². The van der Waals surface area contributed by atoms with Gasteiger partial charge in [0.2, 0.25) is 0 Å². The maximum Gasteiger partial charge on any atom is 0.0405 e. The van der Waals surface area contributed by atoms with E-state index < -0.39 is 0 Å². The number of rotatable bonds is 10. The first kappa shape index (κ1) is 20.3. The molecule has 0 heterocycles. The van der Waals surface area contributed by atoms with E-state index in [9.17, 15) is 0 Å². The van der Waals surface area contributed by atoms with Crippen LogP contribution < -0.4 is 10.6 Å². The van der Waals surface area contributed by atoms with Gasteiger partial charge in [0, 0.05) is 37.6 Å². The summed E-state index contributed by atoms with van der Waals surface area (Å²) in [7, 11) is 2.19. The van der Waals surface area contributed by atoms with E-state index in [-0.39, 0.29) is 0 Å². The quantitative estimate of drug-likeness (QED) is 0.637. The number of nitrogens with zero attached hydrogens (tertiary/aromatic N) is 1. The van der Waals surface area contributed by atoms with Crippen molar-refractivity contribution in [1.82, 2.24) is 4.90 Å². The van der Waals surface area contributed by atoms with Crippen molar-refractivity contribution in [1.29, 1.82) is 0 Å². The molecule has 0 aliphatic heterocycles. The fourth-order valence-electron chi connectivity index (χ4n) is 3.42. The smallest absolute Gasteiger partial charge is 0.0405 e. The number of para-hydroxylation sites is 2. The average Bonchev–Trinajstić information content (AvgIpc) is 2.64. The topological polar surface area (TPSA) is 27.3 Å². The lowest BCUT2D eigenvalue weighted by Crippen LogP contribution is -2.30. The van der Waals surface area contributed by atoms with Gasteiger partial charge in [0.05, 0.1) is 0 Å². The highest BCUT2D eigenvalue weighted by Gasteiger charge is 2.06. The number of hydrogen-bond donors (Lipinski definition) is 2. The van der Waals surface area contributed by atoms with Crippen LogP contribution in [0, 0.1) is 13.8 Å². The Labute approximate surface area is 159 Å². The predicted octanol–water partition coefficient (Wildman–Crippen LogP) is 4.88. The summed E-state index contributed by atoms with van der Waals surface area (Å²) < 4.78 is 0. The van der Waals surface area contributed by atoms with Crippen molar-refractivity contribution in [3.05, 3.63) is 58.7 Å². The molecular formula is C23H35N3. The number of benzene rings is 2. The van der Waals surface area contributed by atoms with Crippen LogP contribution in [0.25, 0.3) is 0 Å². The fraction of sp³-hybridized carbons (Fsp3) is 0.478. The highest BCUT2D eigenvalue weighted by atomic mass is 15.1. The largest absolute Gasteiger partial charge is 0.383 e. The molecule has 2 aromatic rings. The molecule has 0 bridgehead atoms. The summed E-state index contributed by atoms with van der Waals surface area (Å²) in [5.74, 6) is 0. The zero-order valence-corrected chi connectivity index (χ0v) is 17.2. The molecule has 0 atom stereocenters. The lowest BCUT2D eigenvalue weighted by atomic mass is 10.0. The van der Waals surface area contributed by atoms with E-state index in [2.05, 4.69) is 86.7 Å². The highest BCUT2D eigenvalue weighted by Crippen LogP contribution is 2.22. The molecule has 0 amide bonds. The molecule has 0 saturated heterocycles. The minimum absolute atomic E-state index is 0.966. The Morgan fingerprint density at radius 3 is 1.69 bits per heavy atom. The fourth-order valence-corrected chi connectivity index (χ4v) is 3.42. The molecule has 0 saturated carbocycles. The van der Waals surface area contributed by atoms with Crippen molar-refractivity contribution in [2.24, 2.45) is 0 Å². The first-order valence-electron chi connectivity index (χ1n) is 9.90. The SMILES string of the molecule is CCc1cccc(CC)c1NCCN(C)CCNc1c(C)cccc1C. The van der Waals surface area contributed by atoms with Crippen molar-refractivity contribution in [2.45, 2.75) is 40.5 Å². The van der Waals surface area contributed by atoms with Crippen LogP contribution in [0.4, 0.5) is 11.4 Å². The third-order valence-corrected chi connectivity index (χ3v) is 5.07. The summed E-state index contributed by atoms with van der Waals surface area (Å²) in [6, 6.07) is 13.1. The first-order chi connectivity index (χ1) is 12.6. The van der Waals surface area contributed by atoms with E-state index in [0.717, 1.165) is 39.0 Å². The summed E-state index contributed by atoms with van der Waals surface area (Å²) in [5.41, 5.74) is 8.10. The molecule has 0 aliphatic rings. The Morgan fingerprint density at radius 1 is 0.731 bits per heavy atom. The van der Waals surface area contributed by atoms with Crippen molar-refractivity contribution in [2.75, 3.05) is 43.9 Å². The van der Waals surface area contributed by atoms with Gasteiger partial charge in [-0.25, -0.2) is 0 Å². The molecule has 2 aromatic carbocycles. The van der Waals surface area contributed by atoms with Gasteiger partial charge >= 0.3 is 0 Å². The third kappa shape index (κ3) is 5.50. The number of aryl methyl sites for hydroxylation is 4. The van der Waals surface area contributed by atoms with E-state index >= 15 is 0 Å². The molecule has 142 valence electrons.